The molecule has 0 atom stereocenters. The van der Waals surface area contributed by atoms with Crippen molar-refractivity contribution in [3.05, 3.63) is 59.7 Å². The Hall–Kier alpha value is -1.90. The SMILES string of the molecule is CCc1ccc(Oc2ccc(F)cc2F)cc1. The maximum Gasteiger partial charge on any atom is 0.168 e. The highest BCUT2D eigenvalue weighted by atomic mass is 19.1. The van der Waals surface area contributed by atoms with Gasteiger partial charge in [-0.05, 0) is 36.2 Å². The molecule has 2 rings (SSSR count). The van der Waals surface area contributed by atoms with Gasteiger partial charge in [0.25, 0.3) is 0 Å². The summed E-state index contributed by atoms with van der Waals surface area (Å²) < 4.78 is 31.3. The molecule has 2 aromatic rings. The Morgan fingerprint density at radius 1 is 1.00 bits per heavy atom. The highest BCUT2D eigenvalue weighted by Gasteiger charge is 2.05. The van der Waals surface area contributed by atoms with Gasteiger partial charge >= 0.3 is 0 Å². The van der Waals surface area contributed by atoms with Crippen molar-refractivity contribution in [2.75, 3.05) is 0 Å². The topological polar surface area (TPSA) is 9.23 Å². The first kappa shape index (κ1) is 11.6. The molecule has 0 aliphatic heterocycles. The summed E-state index contributed by atoms with van der Waals surface area (Å²) in [7, 11) is 0. The van der Waals surface area contributed by atoms with Crippen LogP contribution in [-0.2, 0) is 6.42 Å². The Kier molecular flexibility index (Phi) is 3.38. The lowest BCUT2D eigenvalue weighted by Crippen LogP contribution is -1.89. The molecule has 0 aromatic heterocycles. The quantitative estimate of drug-likeness (QED) is 0.768. The normalized spacial score (nSPS) is 10.3. The molecule has 17 heavy (non-hydrogen) atoms. The molecule has 0 fully saturated rings. The van der Waals surface area contributed by atoms with Crippen LogP contribution in [0.25, 0.3) is 0 Å². The van der Waals surface area contributed by atoms with Crippen molar-refractivity contribution in [2.45, 2.75) is 13.3 Å². The van der Waals surface area contributed by atoms with Crippen LogP contribution in [0.4, 0.5) is 8.78 Å². The van der Waals surface area contributed by atoms with Gasteiger partial charge in [-0.25, -0.2) is 8.78 Å². The first-order valence-electron chi connectivity index (χ1n) is 5.41. The number of ether oxygens (including phenoxy) is 1. The minimum atomic E-state index is -0.704. The molecule has 0 saturated carbocycles. The predicted molar refractivity (Wildman–Crippen MR) is 62.3 cm³/mol. The smallest absolute Gasteiger partial charge is 0.168 e. The van der Waals surface area contributed by atoms with E-state index in [9.17, 15) is 8.78 Å². The molecular formula is C14H12F2O. The average Bonchev–Trinajstić information content (AvgIpc) is 2.34. The van der Waals surface area contributed by atoms with E-state index >= 15 is 0 Å². The van der Waals surface area contributed by atoms with Crippen molar-refractivity contribution in [3.63, 3.8) is 0 Å². The minimum Gasteiger partial charge on any atom is -0.454 e. The second-order valence-corrected chi connectivity index (χ2v) is 3.67. The van der Waals surface area contributed by atoms with Gasteiger partial charge in [-0.2, -0.15) is 0 Å². The third kappa shape index (κ3) is 2.81. The maximum absolute atomic E-state index is 13.3. The van der Waals surface area contributed by atoms with Crippen LogP contribution in [0.15, 0.2) is 42.5 Å². The third-order valence-corrected chi connectivity index (χ3v) is 2.45. The molecule has 3 heteroatoms. The average molecular weight is 234 g/mol. The molecule has 0 unspecified atom stereocenters. The van der Waals surface area contributed by atoms with Crippen molar-refractivity contribution in [3.8, 4) is 11.5 Å². The zero-order chi connectivity index (χ0) is 12.3. The van der Waals surface area contributed by atoms with Gasteiger partial charge in [0, 0.05) is 6.07 Å². The Morgan fingerprint density at radius 3 is 2.29 bits per heavy atom. The van der Waals surface area contributed by atoms with Crippen LogP contribution >= 0.6 is 0 Å². The van der Waals surface area contributed by atoms with Crippen LogP contribution in [-0.4, -0.2) is 0 Å². The maximum atomic E-state index is 13.3. The molecule has 0 spiro atoms. The second kappa shape index (κ2) is 4.95. The van der Waals surface area contributed by atoms with Crippen molar-refractivity contribution in [1.29, 1.82) is 0 Å². The Bertz CT molecular complexity index is 506. The Balaban J connectivity index is 2.19. The van der Waals surface area contributed by atoms with Crippen LogP contribution in [0.5, 0.6) is 11.5 Å². The lowest BCUT2D eigenvalue weighted by atomic mass is 10.2. The van der Waals surface area contributed by atoms with Crippen molar-refractivity contribution in [2.24, 2.45) is 0 Å². The van der Waals surface area contributed by atoms with E-state index in [1.165, 1.54) is 17.7 Å². The van der Waals surface area contributed by atoms with E-state index in [4.69, 9.17) is 4.74 Å². The number of aryl methyl sites for hydroxylation is 1. The molecule has 0 aliphatic rings. The molecule has 0 saturated heterocycles. The minimum absolute atomic E-state index is 0.0237. The van der Waals surface area contributed by atoms with Gasteiger partial charge < -0.3 is 4.74 Å². The van der Waals surface area contributed by atoms with Crippen molar-refractivity contribution >= 4 is 0 Å². The fraction of sp³-hybridized carbons (Fsp3) is 0.143. The lowest BCUT2D eigenvalue weighted by Gasteiger charge is -2.07. The number of hydrogen-bond donors (Lipinski definition) is 0. The van der Waals surface area contributed by atoms with Gasteiger partial charge in [-0.3, -0.25) is 0 Å². The second-order valence-electron chi connectivity index (χ2n) is 3.67. The highest BCUT2D eigenvalue weighted by Crippen LogP contribution is 2.25. The van der Waals surface area contributed by atoms with Gasteiger partial charge in [-0.1, -0.05) is 19.1 Å². The van der Waals surface area contributed by atoms with E-state index in [0.717, 1.165) is 12.5 Å². The molecule has 0 aliphatic carbocycles. The molecule has 0 amide bonds. The molecule has 2 aromatic carbocycles. The first-order valence-corrected chi connectivity index (χ1v) is 5.41. The monoisotopic (exact) mass is 234 g/mol. The first-order chi connectivity index (χ1) is 8.19. The standard InChI is InChI=1S/C14H12F2O/c1-2-10-3-6-12(7-4-10)17-14-8-5-11(15)9-13(14)16/h3-9H,2H2,1H3. The molecule has 0 heterocycles. The molecule has 0 radical (unpaired) electrons. The van der Waals surface area contributed by atoms with Crippen molar-refractivity contribution in [1.82, 2.24) is 0 Å². The third-order valence-electron chi connectivity index (χ3n) is 2.45. The number of rotatable bonds is 3. The summed E-state index contributed by atoms with van der Waals surface area (Å²) in [4.78, 5) is 0. The van der Waals surface area contributed by atoms with Crippen molar-refractivity contribution < 1.29 is 13.5 Å². The number of halogens is 2. The largest absolute Gasteiger partial charge is 0.454 e. The van der Waals surface area contributed by atoms with E-state index in [1.54, 1.807) is 12.1 Å². The van der Waals surface area contributed by atoms with Crippen LogP contribution in [0.2, 0.25) is 0 Å². The summed E-state index contributed by atoms with van der Waals surface area (Å²) in [6.45, 7) is 2.05. The van der Waals surface area contributed by atoms with Gasteiger partial charge in [-0.15, -0.1) is 0 Å². The zero-order valence-corrected chi connectivity index (χ0v) is 9.41. The van der Waals surface area contributed by atoms with E-state index < -0.39 is 11.6 Å². The Labute approximate surface area is 98.7 Å². The van der Waals surface area contributed by atoms with Gasteiger partial charge in [0.2, 0.25) is 0 Å². The highest BCUT2D eigenvalue weighted by molar-refractivity contribution is 5.34. The lowest BCUT2D eigenvalue weighted by molar-refractivity contribution is 0.437. The fourth-order valence-electron chi connectivity index (χ4n) is 1.48. The van der Waals surface area contributed by atoms with Gasteiger partial charge in [0.15, 0.2) is 11.6 Å². The van der Waals surface area contributed by atoms with Crippen LogP contribution in [0, 0.1) is 11.6 Å². The molecule has 0 N–H and O–H groups in total. The van der Waals surface area contributed by atoms with E-state index in [1.807, 2.05) is 12.1 Å². The zero-order valence-electron chi connectivity index (χ0n) is 9.41. The molecular weight excluding hydrogens is 222 g/mol. The summed E-state index contributed by atoms with van der Waals surface area (Å²) >= 11 is 0. The summed E-state index contributed by atoms with van der Waals surface area (Å²) in [6.07, 6.45) is 0.936. The number of benzene rings is 2. The summed E-state index contributed by atoms with van der Waals surface area (Å²) in [5.41, 5.74) is 1.18. The predicted octanol–water partition coefficient (Wildman–Crippen LogP) is 4.32. The molecule has 0 bridgehead atoms. The molecule has 1 nitrogen and oxygen atoms in total. The summed E-state index contributed by atoms with van der Waals surface area (Å²) in [5.74, 6) is -0.760. The number of hydrogen-bond acceptors (Lipinski definition) is 1. The van der Waals surface area contributed by atoms with Crippen LogP contribution in [0.1, 0.15) is 12.5 Å². The van der Waals surface area contributed by atoms with E-state index in [0.29, 0.717) is 5.75 Å². The fourth-order valence-corrected chi connectivity index (χ4v) is 1.48. The van der Waals surface area contributed by atoms with Crippen LogP contribution in [0.3, 0.4) is 0 Å². The van der Waals surface area contributed by atoms with E-state index in [2.05, 4.69) is 6.92 Å². The Morgan fingerprint density at radius 2 is 1.71 bits per heavy atom. The van der Waals surface area contributed by atoms with Gasteiger partial charge in [0.05, 0.1) is 0 Å². The summed E-state index contributed by atoms with van der Waals surface area (Å²) in [5, 5.41) is 0. The molecule has 88 valence electrons. The van der Waals surface area contributed by atoms with Crippen LogP contribution < -0.4 is 4.74 Å². The van der Waals surface area contributed by atoms with Gasteiger partial charge in [0.1, 0.15) is 11.6 Å². The van der Waals surface area contributed by atoms with E-state index in [-0.39, 0.29) is 5.75 Å². The summed E-state index contributed by atoms with van der Waals surface area (Å²) in [6, 6.07) is 10.6.